The third kappa shape index (κ3) is 3.96. The Hall–Kier alpha value is -1.14. The molecule has 104 valence electrons. The van der Waals surface area contributed by atoms with Gasteiger partial charge in [-0.3, -0.25) is 9.59 Å². The van der Waals surface area contributed by atoms with Gasteiger partial charge in [-0.1, -0.05) is 6.92 Å². The Morgan fingerprint density at radius 3 is 2.78 bits per heavy atom. The minimum absolute atomic E-state index is 0.00317. The second-order valence-electron chi connectivity index (χ2n) is 4.74. The van der Waals surface area contributed by atoms with Crippen LogP contribution in [0.3, 0.4) is 0 Å². The Labute approximate surface area is 107 Å². The summed E-state index contributed by atoms with van der Waals surface area (Å²) in [6, 6.07) is -0.690. The second-order valence-corrected chi connectivity index (χ2v) is 4.74. The van der Waals surface area contributed by atoms with Crippen LogP contribution in [0.1, 0.15) is 33.1 Å². The van der Waals surface area contributed by atoms with E-state index in [-0.39, 0.29) is 30.9 Å². The average Bonchev–Trinajstić information content (AvgIpc) is 2.34. The van der Waals surface area contributed by atoms with E-state index in [1.165, 1.54) is 0 Å². The fourth-order valence-corrected chi connectivity index (χ4v) is 2.07. The molecule has 1 amide bonds. The lowest BCUT2D eigenvalue weighted by Crippen LogP contribution is -2.55. The molecule has 0 bridgehead atoms. The summed E-state index contributed by atoms with van der Waals surface area (Å²) in [5.74, 6) is -1.10. The molecule has 0 spiro atoms. The Kier molecular flexibility index (Phi) is 5.55. The largest absolute Gasteiger partial charge is 0.481 e. The molecule has 3 N–H and O–H groups in total. The summed E-state index contributed by atoms with van der Waals surface area (Å²) < 4.78 is 5.51. The summed E-state index contributed by atoms with van der Waals surface area (Å²) in [4.78, 5) is 24.4. The van der Waals surface area contributed by atoms with Crippen molar-refractivity contribution in [2.45, 2.75) is 51.3 Å². The van der Waals surface area contributed by atoms with Crippen molar-refractivity contribution < 1.29 is 19.4 Å². The van der Waals surface area contributed by atoms with Crippen molar-refractivity contribution in [2.75, 3.05) is 13.2 Å². The maximum absolute atomic E-state index is 12.2. The maximum Gasteiger partial charge on any atom is 0.303 e. The van der Waals surface area contributed by atoms with Crippen molar-refractivity contribution in [3.63, 3.8) is 0 Å². The van der Waals surface area contributed by atoms with E-state index in [0.717, 1.165) is 6.42 Å². The molecule has 1 rings (SSSR count). The molecule has 0 aromatic rings. The van der Waals surface area contributed by atoms with Gasteiger partial charge >= 0.3 is 5.97 Å². The molecule has 0 aromatic carbocycles. The van der Waals surface area contributed by atoms with Crippen molar-refractivity contribution in [3.8, 4) is 0 Å². The molecule has 1 fully saturated rings. The topological polar surface area (TPSA) is 92.9 Å². The number of aliphatic carboxylic acids is 1. The minimum Gasteiger partial charge on any atom is -0.481 e. The van der Waals surface area contributed by atoms with E-state index in [9.17, 15) is 9.59 Å². The van der Waals surface area contributed by atoms with Crippen LogP contribution in [-0.4, -0.2) is 53.2 Å². The van der Waals surface area contributed by atoms with Crippen LogP contribution in [0.5, 0.6) is 0 Å². The number of carbonyl (C=O) groups is 2. The number of amides is 1. The van der Waals surface area contributed by atoms with Crippen LogP contribution in [0.25, 0.3) is 0 Å². The van der Waals surface area contributed by atoms with Gasteiger partial charge in [0.15, 0.2) is 0 Å². The number of hydrogen-bond acceptors (Lipinski definition) is 4. The maximum atomic E-state index is 12.2. The summed E-state index contributed by atoms with van der Waals surface area (Å²) in [7, 11) is 0. The van der Waals surface area contributed by atoms with E-state index in [2.05, 4.69) is 0 Å². The highest BCUT2D eigenvalue weighted by Crippen LogP contribution is 2.16. The molecule has 1 saturated heterocycles. The predicted molar refractivity (Wildman–Crippen MR) is 66.1 cm³/mol. The molecule has 1 heterocycles. The molecule has 3 atom stereocenters. The van der Waals surface area contributed by atoms with Gasteiger partial charge in [-0.15, -0.1) is 0 Å². The Morgan fingerprint density at radius 2 is 2.22 bits per heavy atom. The van der Waals surface area contributed by atoms with Crippen molar-refractivity contribution in [1.82, 2.24) is 4.90 Å². The number of nitrogens with zero attached hydrogens (tertiary/aromatic N) is 1. The normalized spacial score (nSPS) is 25.8. The van der Waals surface area contributed by atoms with Crippen molar-refractivity contribution in [2.24, 2.45) is 5.73 Å². The molecular weight excluding hydrogens is 236 g/mol. The molecule has 1 aliphatic heterocycles. The van der Waals surface area contributed by atoms with Crippen LogP contribution < -0.4 is 5.73 Å². The van der Waals surface area contributed by atoms with E-state index in [4.69, 9.17) is 15.6 Å². The van der Waals surface area contributed by atoms with Gasteiger partial charge in [-0.05, 0) is 19.8 Å². The van der Waals surface area contributed by atoms with Crippen molar-refractivity contribution in [1.29, 1.82) is 0 Å². The molecule has 0 aromatic heterocycles. The summed E-state index contributed by atoms with van der Waals surface area (Å²) in [6.45, 7) is 4.95. The summed E-state index contributed by atoms with van der Waals surface area (Å²) >= 11 is 0. The van der Waals surface area contributed by atoms with Gasteiger partial charge in [0, 0.05) is 13.0 Å². The standard InChI is InChI=1S/C12H22N2O4/c1-3-9-7-18-8(2)6-14(9)12(17)10(13)4-5-11(15)16/h8-10H,3-7,13H2,1-2H3,(H,15,16). The number of hydrogen-bond donors (Lipinski definition) is 2. The lowest BCUT2D eigenvalue weighted by atomic mass is 10.1. The summed E-state index contributed by atoms with van der Waals surface area (Å²) in [5.41, 5.74) is 5.76. The zero-order valence-corrected chi connectivity index (χ0v) is 11.0. The SMILES string of the molecule is CCC1COC(C)CN1C(=O)C(N)CCC(=O)O. The first kappa shape index (κ1) is 14.9. The first-order valence-corrected chi connectivity index (χ1v) is 6.35. The molecule has 6 heteroatoms. The monoisotopic (exact) mass is 258 g/mol. The summed E-state index contributed by atoms with van der Waals surface area (Å²) in [6.07, 6.45) is 0.910. The van der Waals surface area contributed by atoms with Crippen molar-refractivity contribution in [3.05, 3.63) is 0 Å². The zero-order valence-electron chi connectivity index (χ0n) is 11.0. The Bertz CT molecular complexity index is 308. The minimum atomic E-state index is -0.930. The number of carboxylic acid groups (broad SMARTS) is 1. The molecular formula is C12H22N2O4. The highest BCUT2D eigenvalue weighted by molar-refractivity contribution is 5.82. The van der Waals surface area contributed by atoms with Gasteiger partial charge in [0.2, 0.25) is 5.91 Å². The van der Waals surface area contributed by atoms with Gasteiger partial charge in [0.25, 0.3) is 0 Å². The highest BCUT2D eigenvalue weighted by Gasteiger charge is 2.32. The lowest BCUT2D eigenvalue weighted by molar-refractivity contribution is -0.146. The van der Waals surface area contributed by atoms with E-state index >= 15 is 0 Å². The fraction of sp³-hybridized carbons (Fsp3) is 0.833. The van der Waals surface area contributed by atoms with Crippen LogP contribution in [-0.2, 0) is 14.3 Å². The smallest absolute Gasteiger partial charge is 0.303 e. The van der Waals surface area contributed by atoms with Gasteiger partial charge < -0.3 is 20.5 Å². The molecule has 18 heavy (non-hydrogen) atoms. The van der Waals surface area contributed by atoms with Crippen LogP contribution >= 0.6 is 0 Å². The van der Waals surface area contributed by atoms with E-state index in [1.54, 1.807) is 4.90 Å². The van der Waals surface area contributed by atoms with Gasteiger partial charge in [0.05, 0.1) is 24.8 Å². The van der Waals surface area contributed by atoms with Crippen LogP contribution in [0, 0.1) is 0 Å². The Morgan fingerprint density at radius 1 is 1.56 bits per heavy atom. The molecule has 1 aliphatic rings. The van der Waals surface area contributed by atoms with Gasteiger partial charge in [-0.2, -0.15) is 0 Å². The highest BCUT2D eigenvalue weighted by atomic mass is 16.5. The van der Waals surface area contributed by atoms with Crippen LogP contribution in [0.4, 0.5) is 0 Å². The van der Waals surface area contributed by atoms with Crippen molar-refractivity contribution >= 4 is 11.9 Å². The summed E-state index contributed by atoms with van der Waals surface area (Å²) in [5, 5.41) is 8.59. The van der Waals surface area contributed by atoms with E-state index < -0.39 is 12.0 Å². The number of ether oxygens (including phenoxy) is 1. The number of carbonyl (C=O) groups excluding carboxylic acids is 1. The first-order valence-electron chi connectivity index (χ1n) is 6.35. The van der Waals surface area contributed by atoms with E-state index in [1.807, 2.05) is 13.8 Å². The third-order valence-corrected chi connectivity index (χ3v) is 3.21. The van der Waals surface area contributed by atoms with E-state index in [0.29, 0.717) is 13.2 Å². The first-order chi connectivity index (χ1) is 8.45. The molecule has 6 nitrogen and oxygen atoms in total. The Balaban J connectivity index is 2.58. The number of carboxylic acids is 1. The molecule has 3 unspecified atom stereocenters. The lowest BCUT2D eigenvalue weighted by Gasteiger charge is -2.39. The fourth-order valence-electron chi connectivity index (χ4n) is 2.07. The predicted octanol–water partition coefficient (Wildman–Crippen LogP) is 0.204. The third-order valence-electron chi connectivity index (χ3n) is 3.21. The quantitative estimate of drug-likeness (QED) is 0.735. The van der Waals surface area contributed by atoms with Crippen LogP contribution in [0.15, 0.2) is 0 Å². The average molecular weight is 258 g/mol. The number of nitrogens with two attached hydrogens (primary N) is 1. The molecule has 0 aliphatic carbocycles. The number of rotatable bonds is 5. The molecule has 0 radical (unpaired) electrons. The van der Waals surface area contributed by atoms with Crippen LogP contribution in [0.2, 0.25) is 0 Å². The molecule has 0 saturated carbocycles. The van der Waals surface area contributed by atoms with Gasteiger partial charge in [-0.25, -0.2) is 0 Å². The zero-order chi connectivity index (χ0) is 13.7. The number of morpholine rings is 1. The second kappa shape index (κ2) is 6.70. The van der Waals surface area contributed by atoms with Gasteiger partial charge in [0.1, 0.15) is 0 Å².